The Morgan fingerprint density at radius 2 is 2.36 bits per heavy atom. The van der Waals surface area contributed by atoms with Crippen molar-refractivity contribution in [2.24, 2.45) is 16.5 Å². The summed E-state index contributed by atoms with van der Waals surface area (Å²) in [5.74, 6) is -0.611. The number of pyridine rings is 1. The van der Waals surface area contributed by atoms with Gasteiger partial charge in [-0.3, -0.25) is 14.8 Å². The molecule has 0 aromatic carbocycles. The van der Waals surface area contributed by atoms with Crippen LogP contribution in [-0.2, 0) is 4.79 Å². The molecule has 0 aliphatic heterocycles. The quantitative estimate of drug-likeness (QED) is 0.523. The summed E-state index contributed by atoms with van der Waals surface area (Å²) in [6.45, 7) is 0. The fourth-order valence-electron chi connectivity index (χ4n) is 0.763. The highest BCUT2D eigenvalue weighted by Crippen LogP contribution is 2.06. The fraction of sp³-hybridized carbons (Fsp3) is 0. The van der Waals surface area contributed by atoms with Crippen molar-refractivity contribution in [1.82, 2.24) is 4.98 Å². The van der Waals surface area contributed by atoms with E-state index in [4.69, 9.17) is 11.5 Å². The number of hydrogen-bond donors (Lipinski definition) is 2. The van der Waals surface area contributed by atoms with Gasteiger partial charge in [-0.1, -0.05) is 0 Å². The summed E-state index contributed by atoms with van der Waals surface area (Å²) >= 11 is 0. The van der Waals surface area contributed by atoms with Crippen molar-refractivity contribution in [3.05, 3.63) is 36.3 Å². The molecule has 1 rings (SSSR count). The number of carbonyl (C=O) groups excluding carboxylic acids is 1. The smallest absolute Gasteiger partial charge is 0.251 e. The van der Waals surface area contributed by atoms with Gasteiger partial charge in [-0.25, -0.2) is 0 Å². The minimum Gasteiger partial charge on any atom is -0.404 e. The molecule has 0 radical (unpaired) electrons. The average Bonchev–Trinajstić information content (AvgIpc) is 2.20. The van der Waals surface area contributed by atoms with Crippen LogP contribution < -0.4 is 11.5 Å². The highest BCUT2D eigenvalue weighted by Gasteiger charge is 1.98. The van der Waals surface area contributed by atoms with E-state index in [1.165, 1.54) is 6.21 Å². The van der Waals surface area contributed by atoms with E-state index in [-0.39, 0.29) is 5.57 Å². The molecule has 0 saturated heterocycles. The van der Waals surface area contributed by atoms with E-state index in [9.17, 15) is 4.79 Å². The van der Waals surface area contributed by atoms with Crippen molar-refractivity contribution in [3.63, 3.8) is 0 Å². The highest BCUT2D eigenvalue weighted by molar-refractivity contribution is 6.11. The lowest BCUT2D eigenvalue weighted by molar-refractivity contribution is -0.114. The maximum absolute atomic E-state index is 10.7. The van der Waals surface area contributed by atoms with E-state index in [2.05, 4.69) is 9.98 Å². The Kier molecular flexibility index (Phi) is 3.37. The summed E-state index contributed by atoms with van der Waals surface area (Å²) in [6, 6.07) is 3.49. The summed E-state index contributed by atoms with van der Waals surface area (Å²) in [5, 5.41) is 0. The van der Waals surface area contributed by atoms with Gasteiger partial charge in [-0.2, -0.15) is 0 Å². The number of aliphatic imine (C=N–C) groups is 1. The molecule has 0 aliphatic rings. The largest absolute Gasteiger partial charge is 0.404 e. The Morgan fingerprint density at radius 1 is 1.57 bits per heavy atom. The molecule has 1 heterocycles. The molecule has 0 unspecified atom stereocenters. The molecule has 0 saturated carbocycles. The second-order valence-corrected chi connectivity index (χ2v) is 2.46. The Morgan fingerprint density at radius 3 is 2.86 bits per heavy atom. The normalized spacial score (nSPS) is 11.9. The van der Waals surface area contributed by atoms with Crippen molar-refractivity contribution in [1.29, 1.82) is 0 Å². The predicted molar refractivity (Wildman–Crippen MR) is 53.9 cm³/mol. The predicted octanol–water partition coefficient (Wildman–Crippen LogP) is 0.112. The number of nitrogens with two attached hydrogens (primary N) is 2. The van der Waals surface area contributed by atoms with Gasteiger partial charge in [0.15, 0.2) is 0 Å². The summed E-state index contributed by atoms with van der Waals surface area (Å²) in [4.78, 5) is 18.5. The summed E-state index contributed by atoms with van der Waals surface area (Å²) in [7, 11) is 0. The number of primary amides is 1. The summed E-state index contributed by atoms with van der Waals surface area (Å²) in [6.07, 6.45) is 5.61. The number of aromatic nitrogens is 1. The molecule has 5 heteroatoms. The topological polar surface area (TPSA) is 94.4 Å². The molecular weight excluding hydrogens is 180 g/mol. The zero-order valence-electron chi connectivity index (χ0n) is 7.42. The first-order chi connectivity index (χ1) is 6.74. The van der Waals surface area contributed by atoms with E-state index >= 15 is 0 Å². The maximum Gasteiger partial charge on any atom is 0.251 e. The van der Waals surface area contributed by atoms with Crippen LogP contribution in [0.5, 0.6) is 0 Å². The van der Waals surface area contributed by atoms with Gasteiger partial charge in [0.25, 0.3) is 5.91 Å². The first-order valence-electron chi connectivity index (χ1n) is 3.90. The monoisotopic (exact) mass is 190 g/mol. The molecular formula is C9H10N4O. The van der Waals surface area contributed by atoms with Crippen LogP contribution in [0.15, 0.2) is 41.3 Å². The standard InChI is InChI=1S/C9H10N4O/c10-4-7(9(11)14)5-13-8-2-1-3-12-6-8/h1-6H,10H2,(H2,11,14)/b7-4+,13-5?. The Bertz CT molecular complexity index is 370. The van der Waals surface area contributed by atoms with E-state index in [0.717, 1.165) is 6.20 Å². The number of hydrogen-bond acceptors (Lipinski definition) is 4. The van der Waals surface area contributed by atoms with Crippen molar-refractivity contribution in [3.8, 4) is 0 Å². The Balaban J connectivity index is 2.78. The van der Waals surface area contributed by atoms with Gasteiger partial charge in [0.2, 0.25) is 0 Å². The van der Waals surface area contributed by atoms with Crippen LogP contribution in [0.1, 0.15) is 0 Å². The van der Waals surface area contributed by atoms with E-state index < -0.39 is 5.91 Å². The van der Waals surface area contributed by atoms with Crippen molar-refractivity contribution in [2.75, 3.05) is 0 Å². The summed E-state index contributed by atoms with van der Waals surface area (Å²) < 4.78 is 0. The molecule has 0 spiro atoms. The first kappa shape index (κ1) is 9.91. The molecule has 0 fully saturated rings. The van der Waals surface area contributed by atoms with Gasteiger partial charge in [-0.05, 0) is 12.1 Å². The van der Waals surface area contributed by atoms with E-state index in [1.54, 1.807) is 24.5 Å². The average molecular weight is 190 g/mol. The van der Waals surface area contributed by atoms with Crippen LogP contribution in [0.25, 0.3) is 0 Å². The molecule has 0 atom stereocenters. The Labute approximate surface area is 81.2 Å². The zero-order chi connectivity index (χ0) is 10.4. The van der Waals surface area contributed by atoms with Gasteiger partial charge >= 0.3 is 0 Å². The van der Waals surface area contributed by atoms with Crippen LogP contribution in [0.4, 0.5) is 5.69 Å². The highest BCUT2D eigenvalue weighted by atomic mass is 16.1. The fourth-order valence-corrected chi connectivity index (χ4v) is 0.763. The third-order valence-electron chi connectivity index (χ3n) is 1.46. The molecule has 0 bridgehead atoms. The molecule has 14 heavy (non-hydrogen) atoms. The zero-order valence-corrected chi connectivity index (χ0v) is 7.42. The SMILES string of the molecule is N/C=C(\C=Nc1cccnc1)C(N)=O. The van der Waals surface area contributed by atoms with Crippen LogP contribution in [-0.4, -0.2) is 17.1 Å². The van der Waals surface area contributed by atoms with Gasteiger partial charge < -0.3 is 11.5 Å². The molecule has 5 nitrogen and oxygen atoms in total. The first-order valence-corrected chi connectivity index (χ1v) is 3.90. The van der Waals surface area contributed by atoms with E-state index in [0.29, 0.717) is 5.69 Å². The third kappa shape index (κ3) is 2.71. The van der Waals surface area contributed by atoms with Crippen LogP contribution in [0.2, 0.25) is 0 Å². The summed E-state index contributed by atoms with van der Waals surface area (Å²) in [5.41, 5.74) is 11.0. The molecule has 4 N–H and O–H groups in total. The van der Waals surface area contributed by atoms with Gasteiger partial charge in [0, 0.05) is 18.6 Å². The Hall–Kier alpha value is -2.17. The minimum absolute atomic E-state index is 0.161. The lowest BCUT2D eigenvalue weighted by atomic mass is 10.3. The number of nitrogens with zero attached hydrogens (tertiary/aromatic N) is 2. The van der Waals surface area contributed by atoms with Crippen LogP contribution >= 0.6 is 0 Å². The van der Waals surface area contributed by atoms with Crippen molar-refractivity contribution in [2.45, 2.75) is 0 Å². The number of rotatable bonds is 3. The molecule has 1 amide bonds. The second-order valence-electron chi connectivity index (χ2n) is 2.46. The van der Waals surface area contributed by atoms with E-state index in [1.807, 2.05) is 0 Å². The molecule has 0 aliphatic carbocycles. The molecule has 1 aromatic heterocycles. The van der Waals surface area contributed by atoms with Crippen LogP contribution in [0.3, 0.4) is 0 Å². The molecule has 72 valence electrons. The molecule has 1 aromatic rings. The van der Waals surface area contributed by atoms with Crippen LogP contribution in [0, 0.1) is 0 Å². The lowest BCUT2D eigenvalue weighted by Gasteiger charge is -1.93. The maximum atomic E-state index is 10.7. The third-order valence-corrected chi connectivity index (χ3v) is 1.46. The number of carbonyl (C=O) groups is 1. The van der Waals surface area contributed by atoms with Crippen molar-refractivity contribution >= 4 is 17.8 Å². The lowest BCUT2D eigenvalue weighted by Crippen LogP contribution is -2.15. The van der Waals surface area contributed by atoms with Gasteiger partial charge in [-0.15, -0.1) is 0 Å². The second kappa shape index (κ2) is 4.76. The van der Waals surface area contributed by atoms with Gasteiger partial charge in [0.1, 0.15) is 0 Å². The number of amides is 1. The van der Waals surface area contributed by atoms with Gasteiger partial charge in [0.05, 0.1) is 17.5 Å². The van der Waals surface area contributed by atoms with Crippen molar-refractivity contribution < 1.29 is 4.79 Å². The minimum atomic E-state index is -0.611.